The second-order valence-corrected chi connectivity index (χ2v) is 7.31. The van der Waals surface area contributed by atoms with Crippen LogP contribution in [0.5, 0.6) is 0 Å². The lowest BCUT2D eigenvalue weighted by atomic mass is 10.2. The minimum atomic E-state index is -3.79. The summed E-state index contributed by atoms with van der Waals surface area (Å²) in [6.07, 6.45) is 0. The molecule has 2 rings (SSSR count). The van der Waals surface area contributed by atoms with Gasteiger partial charge < -0.3 is 0 Å². The van der Waals surface area contributed by atoms with Crippen LogP contribution >= 0.6 is 22.9 Å². The Morgan fingerprint density at radius 3 is 2.50 bits per heavy atom. The maximum Gasteiger partial charge on any atom is 0.271 e. The van der Waals surface area contributed by atoms with E-state index in [9.17, 15) is 13.2 Å². The molecule has 0 aliphatic rings. The van der Waals surface area contributed by atoms with Crippen LogP contribution in [-0.2, 0) is 10.0 Å². The Morgan fingerprint density at radius 2 is 1.90 bits per heavy atom. The van der Waals surface area contributed by atoms with Crippen LogP contribution < -0.4 is 16.0 Å². The molecule has 9 heteroatoms. The molecule has 4 N–H and O–H groups in total. The Balaban J connectivity index is 2.37. The Morgan fingerprint density at radius 1 is 1.20 bits per heavy atom. The van der Waals surface area contributed by atoms with Gasteiger partial charge in [-0.25, -0.2) is 14.3 Å². The second kappa shape index (κ2) is 5.80. The summed E-state index contributed by atoms with van der Waals surface area (Å²) in [6, 6.07) is 9.01. The predicted octanol–water partition coefficient (Wildman–Crippen LogP) is 1.81. The lowest BCUT2D eigenvalue weighted by Crippen LogP contribution is -2.31. The Bertz CT molecular complexity index is 743. The Hall–Kier alpha value is -1.61. The van der Waals surface area contributed by atoms with Gasteiger partial charge in [-0.2, -0.15) is 0 Å². The van der Waals surface area contributed by atoms with Gasteiger partial charge in [0.15, 0.2) is 0 Å². The molecule has 0 fully saturated rings. The van der Waals surface area contributed by atoms with Gasteiger partial charge in [0.2, 0.25) is 0 Å². The molecule has 0 spiro atoms. The first kappa shape index (κ1) is 14.8. The summed E-state index contributed by atoms with van der Waals surface area (Å²) in [6.45, 7) is 0. The number of nitrogens with one attached hydrogen (secondary N) is 2. The van der Waals surface area contributed by atoms with E-state index in [2.05, 4.69) is 4.72 Å². The molecule has 0 saturated heterocycles. The normalized spacial score (nSPS) is 11.1. The molecule has 0 aliphatic carbocycles. The Kier molecular flexibility index (Phi) is 4.29. The van der Waals surface area contributed by atoms with Crippen LogP contribution in [0.25, 0.3) is 0 Å². The number of rotatable bonds is 4. The molecule has 1 aromatic heterocycles. The number of hydrogen-bond donors (Lipinski definition) is 3. The molecule has 20 heavy (non-hydrogen) atoms. The molecule has 0 atom stereocenters. The summed E-state index contributed by atoms with van der Waals surface area (Å²) in [7, 11) is -3.79. The van der Waals surface area contributed by atoms with Crippen molar-refractivity contribution in [3.05, 3.63) is 46.3 Å². The van der Waals surface area contributed by atoms with E-state index < -0.39 is 15.9 Å². The van der Waals surface area contributed by atoms with Gasteiger partial charge in [0, 0.05) is 0 Å². The zero-order valence-electron chi connectivity index (χ0n) is 9.96. The van der Waals surface area contributed by atoms with Crippen molar-refractivity contribution >= 4 is 44.6 Å². The van der Waals surface area contributed by atoms with E-state index in [1.165, 1.54) is 24.3 Å². The molecule has 1 aromatic carbocycles. The summed E-state index contributed by atoms with van der Waals surface area (Å²) in [5.74, 6) is 4.47. The summed E-state index contributed by atoms with van der Waals surface area (Å²) in [4.78, 5) is 11.6. The lowest BCUT2D eigenvalue weighted by molar-refractivity contribution is 0.0954. The van der Waals surface area contributed by atoms with E-state index in [0.717, 1.165) is 11.3 Å². The van der Waals surface area contributed by atoms with Crippen molar-refractivity contribution in [3.8, 4) is 0 Å². The first-order valence-electron chi connectivity index (χ1n) is 5.32. The first-order chi connectivity index (χ1) is 9.44. The standard InChI is InChI=1S/C11H10ClN3O3S2/c12-9-5-6-10(19-9)20(17,18)15-8-4-2-1-3-7(8)11(16)14-13/h1-6,15H,13H2,(H,14,16). The van der Waals surface area contributed by atoms with E-state index in [1.807, 2.05) is 5.43 Å². The van der Waals surface area contributed by atoms with Crippen LogP contribution in [0.4, 0.5) is 5.69 Å². The SMILES string of the molecule is NNC(=O)c1ccccc1NS(=O)(=O)c1ccc(Cl)s1. The number of nitrogens with two attached hydrogens (primary N) is 1. The van der Waals surface area contributed by atoms with Gasteiger partial charge in [-0.05, 0) is 24.3 Å². The highest BCUT2D eigenvalue weighted by atomic mass is 35.5. The zero-order valence-corrected chi connectivity index (χ0v) is 12.3. The largest absolute Gasteiger partial charge is 0.290 e. The number of halogens is 1. The fourth-order valence-electron chi connectivity index (χ4n) is 1.49. The number of benzene rings is 1. The van der Waals surface area contributed by atoms with Crippen molar-refractivity contribution in [2.45, 2.75) is 4.21 Å². The van der Waals surface area contributed by atoms with Crippen molar-refractivity contribution < 1.29 is 13.2 Å². The van der Waals surface area contributed by atoms with Crippen molar-refractivity contribution in [2.75, 3.05) is 4.72 Å². The second-order valence-electron chi connectivity index (χ2n) is 3.68. The fraction of sp³-hybridized carbons (Fsp3) is 0. The lowest BCUT2D eigenvalue weighted by Gasteiger charge is -2.10. The number of anilines is 1. The molecule has 1 amide bonds. The molecule has 6 nitrogen and oxygen atoms in total. The third-order valence-electron chi connectivity index (χ3n) is 2.36. The summed E-state index contributed by atoms with van der Waals surface area (Å²) in [5.41, 5.74) is 2.22. The smallest absolute Gasteiger partial charge is 0.271 e. The van der Waals surface area contributed by atoms with Crippen molar-refractivity contribution in [2.24, 2.45) is 5.84 Å². The van der Waals surface area contributed by atoms with Gasteiger partial charge in [0.25, 0.3) is 15.9 Å². The number of nitrogen functional groups attached to an aromatic ring is 1. The predicted molar refractivity (Wildman–Crippen MR) is 78.2 cm³/mol. The number of hydrazine groups is 1. The van der Waals surface area contributed by atoms with Crippen molar-refractivity contribution in [1.82, 2.24) is 5.43 Å². The highest BCUT2D eigenvalue weighted by Crippen LogP contribution is 2.28. The minimum absolute atomic E-state index is 0.0606. The molecule has 0 bridgehead atoms. The topological polar surface area (TPSA) is 101 Å². The molecule has 2 aromatic rings. The van der Waals surface area contributed by atoms with Crippen LogP contribution in [0.15, 0.2) is 40.6 Å². The van der Waals surface area contributed by atoms with E-state index in [1.54, 1.807) is 12.1 Å². The number of carbonyl (C=O) groups excluding carboxylic acids is 1. The van der Waals surface area contributed by atoms with Gasteiger partial charge in [-0.1, -0.05) is 23.7 Å². The van der Waals surface area contributed by atoms with Crippen LogP contribution in [-0.4, -0.2) is 14.3 Å². The number of sulfonamides is 1. The van der Waals surface area contributed by atoms with Gasteiger partial charge >= 0.3 is 0 Å². The molecule has 0 saturated carbocycles. The van der Waals surface area contributed by atoms with E-state index in [4.69, 9.17) is 17.4 Å². The molecular formula is C11H10ClN3O3S2. The van der Waals surface area contributed by atoms with Crippen LogP contribution in [0, 0.1) is 0 Å². The molecule has 106 valence electrons. The third kappa shape index (κ3) is 3.10. The number of amides is 1. The van der Waals surface area contributed by atoms with Crippen molar-refractivity contribution in [3.63, 3.8) is 0 Å². The molecule has 0 radical (unpaired) electrons. The molecule has 0 aliphatic heterocycles. The minimum Gasteiger partial charge on any atom is -0.290 e. The molecular weight excluding hydrogens is 322 g/mol. The average Bonchev–Trinajstić information content (AvgIpc) is 2.86. The number of thiophene rings is 1. The summed E-state index contributed by atoms with van der Waals surface area (Å²) in [5, 5.41) is 0. The maximum absolute atomic E-state index is 12.2. The zero-order chi connectivity index (χ0) is 14.8. The third-order valence-corrected chi connectivity index (χ3v) is 5.45. The molecule has 1 heterocycles. The van der Waals surface area contributed by atoms with Gasteiger partial charge in [-0.15, -0.1) is 11.3 Å². The van der Waals surface area contributed by atoms with E-state index >= 15 is 0 Å². The summed E-state index contributed by atoms with van der Waals surface area (Å²) >= 11 is 6.64. The Labute approximate surface area is 124 Å². The first-order valence-corrected chi connectivity index (χ1v) is 8.00. The van der Waals surface area contributed by atoms with Crippen LogP contribution in [0.1, 0.15) is 10.4 Å². The van der Waals surface area contributed by atoms with Gasteiger partial charge in [-0.3, -0.25) is 14.9 Å². The fourth-order valence-corrected chi connectivity index (χ4v) is 4.05. The van der Waals surface area contributed by atoms with E-state index in [0.29, 0.717) is 4.34 Å². The van der Waals surface area contributed by atoms with Crippen LogP contribution in [0.3, 0.4) is 0 Å². The summed E-state index contributed by atoms with van der Waals surface area (Å²) < 4.78 is 27.1. The highest BCUT2D eigenvalue weighted by molar-refractivity contribution is 7.94. The number of carbonyl (C=O) groups is 1. The number of hydrogen-bond acceptors (Lipinski definition) is 5. The van der Waals surface area contributed by atoms with E-state index in [-0.39, 0.29) is 15.5 Å². The maximum atomic E-state index is 12.2. The number of para-hydroxylation sites is 1. The van der Waals surface area contributed by atoms with Gasteiger partial charge in [0.05, 0.1) is 15.6 Å². The van der Waals surface area contributed by atoms with Gasteiger partial charge in [0.1, 0.15) is 4.21 Å². The average molecular weight is 332 g/mol. The monoisotopic (exact) mass is 331 g/mol. The quantitative estimate of drug-likeness (QED) is 0.451. The highest BCUT2D eigenvalue weighted by Gasteiger charge is 2.19. The van der Waals surface area contributed by atoms with Crippen LogP contribution in [0.2, 0.25) is 4.34 Å². The van der Waals surface area contributed by atoms with Crippen molar-refractivity contribution in [1.29, 1.82) is 0 Å². The molecule has 0 unspecified atom stereocenters.